The van der Waals surface area contributed by atoms with Gasteiger partial charge in [0, 0.05) is 24.7 Å². The minimum Gasteiger partial charge on any atom is -0.480 e. The van der Waals surface area contributed by atoms with E-state index >= 15 is 0 Å². The Labute approximate surface area is 122 Å². The Bertz CT molecular complexity index is 632. The van der Waals surface area contributed by atoms with Gasteiger partial charge in [-0.25, -0.2) is 8.42 Å². The fraction of sp³-hybridized carbons (Fsp3) is 0.417. The van der Waals surface area contributed by atoms with E-state index < -0.39 is 22.0 Å². The van der Waals surface area contributed by atoms with Crippen molar-refractivity contribution in [1.82, 2.24) is 9.62 Å². The first kappa shape index (κ1) is 15.2. The molecule has 0 aliphatic carbocycles. The molecule has 1 fully saturated rings. The topological polar surface area (TPSA) is 86.7 Å². The Morgan fingerprint density at radius 3 is 2.85 bits per heavy atom. The maximum atomic E-state index is 12.7. The van der Waals surface area contributed by atoms with Crippen molar-refractivity contribution in [1.29, 1.82) is 0 Å². The van der Waals surface area contributed by atoms with Crippen molar-refractivity contribution in [2.45, 2.75) is 17.9 Å². The summed E-state index contributed by atoms with van der Waals surface area (Å²) in [7, 11) is -3.88. The standard InChI is InChI=1S/C12H15ClN2O4S/c1-8-2-3-9(13)6-11(8)20(18,19)15-5-4-14-7-10(15)12(16)17/h2-3,6,10,14H,4-5,7H2,1H3,(H,16,17). The molecule has 1 saturated heterocycles. The third-order valence-corrected chi connectivity index (χ3v) is 5.50. The minimum absolute atomic E-state index is 0.0538. The lowest BCUT2D eigenvalue weighted by atomic mass is 10.2. The molecule has 0 radical (unpaired) electrons. The maximum absolute atomic E-state index is 12.7. The number of sulfonamides is 1. The number of aliphatic carboxylic acids is 1. The van der Waals surface area contributed by atoms with Crippen LogP contribution < -0.4 is 5.32 Å². The molecule has 1 aromatic carbocycles. The number of carboxylic acids is 1. The lowest BCUT2D eigenvalue weighted by Gasteiger charge is -2.32. The third-order valence-electron chi connectivity index (χ3n) is 3.22. The van der Waals surface area contributed by atoms with Crippen molar-refractivity contribution in [3.8, 4) is 0 Å². The van der Waals surface area contributed by atoms with Crippen LogP contribution in [0.3, 0.4) is 0 Å². The van der Waals surface area contributed by atoms with Gasteiger partial charge >= 0.3 is 5.97 Å². The van der Waals surface area contributed by atoms with Gasteiger partial charge in [0.1, 0.15) is 6.04 Å². The predicted molar refractivity (Wildman–Crippen MR) is 74.4 cm³/mol. The average Bonchev–Trinajstić information content (AvgIpc) is 2.41. The van der Waals surface area contributed by atoms with Crippen LogP contribution in [0.4, 0.5) is 0 Å². The zero-order valence-corrected chi connectivity index (χ0v) is 12.4. The van der Waals surface area contributed by atoms with Gasteiger partial charge in [-0.3, -0.25) is 4.79 Å². The van der Waals surface area contributed by atoms with E-state index in [9.17, 15) is 18.3 Å². The first-order valence-corrected chi connectivity index (χ1v) is 7.87. The Hall–Kier alpha value is -1.15. The predicted octanol–water partition coefficient (Wildman–Crippen LogP) is 0.696. The molecule has 2 rings (SSSR count). The van der Waals surface area contributed by atoms with Crippen molar-refractivity contribution < 1.29 is 18.3 Å². The van der Waals surface area contributed by atoms with Crippen molar-refractivity contribution in [2.75, 3.05) is 19.6 Å². The number of halogens is 1. The Balaban J connectivity index is 2.47. The molecule has 110 valence electrons. The number of piperazine rings is 1. The van der Waals surface area contributed by atoms with Crippen LogP contribution in [0.2, 0.25) is 5.02 Å². The quantitative estimate of drug-likeness (QED) is 0.856. The van der Waals surface area contributed by atoms with Gasteiger partial charge in [-0.15, -0.1) is 0 Å². The largest absolute Gasteiger partial charge is 0.480 e. The Morgan fingerprint density at radius 1 is 1.50 bits per heavy atom. The summed E-state index contributed by atoms with van der Waals surface area (Å²) in [6.45, 7) is 2.28. The van der Waals surface area contributed by atoms with Crippen LogP contribution in [0.5, 0.6) is 0 Å². The first-order valence-electron chi connectivity index (χ1n) is 6.05. The van der Waals surface area contributed by atoms with Gasteiger partial charge in [-0.2, -0.15) is 4.31 Å². The molecule has 6 nitrogen and oxygen atoms in total. The number of hydrogen-bond acceptors (Lipinski definition) is 4. The van der Waals surface area contributed by atoms with E-state index in [0.29, 0.717) is 17.1 Å². The van der Waals surface area contributed by atoms with E-state index in [-0.39, 0.29) is 18.0 Å². The molecule has 1 atom stereocenters. The summed E-state index contributed by atoms with van der Waals surface area (Å²) >= 11 is 5.85. The van der Waals surface area contributed by atoms with E-state index in [0.717, 1.165) is 4.31 Å². The molecular formula is C12H15ClN2O4S. The number of hydrogen-bond donors (Lipinski definition) is 2. The summed E-state index contributed by atoms with van der Waals surface area (Å²) in [5, 5.41) is 12.4. The van der Waals surface area contributed by atoms with Crippen LogP contribution in [0, 0.1) is 6.92 Å². The van der Waals surface area contributed by atoms with Crippen LogP contribution in [0.15, 0.2) is 23.1 Å². The van der Waals surface area contributed by atoms with Gasteiger partial charge in [-0.1, -0.05) is 17.7 Å². The van der Waals surface area contributed by atoms with Crippen molar-refractivity contribution >= 4 is 27.6 Å². The zero-order chi connectivity index (χ0) is 14.9. The molecule has 0 saturated carbocycles. The molecule has 1 heterocycles. The second-order valence-corrected chi connectivity index (χ2v) is 6.88. The van der Waals surface area contributed by atoms with Gasteiger partial charge in [0.05, 0.1) is 4.90 Å². The van der Waals surface area contributed by atoms with Crippen LogP contribution in [0.1, 0.15) is 5.56 Å². The van der Waals surface area contributed by atoms with Crippen LogP contribution >= 0.6 is 11.6 Å². The summed E-state index contributed by atoms with van der Waals surface area (Å²) in [5.74, 6) is -1.17. The highest BCUT2D eigenvalue weighted by Crippen LogP contribution is 2.25. The van der Waals surface area contributed by atoms with E-state index in [1.807, 2.05) is 0 Å². The SMILES string of the molecule is Cc1ccc(Cl)cc1S(=O)(=O)N1CCNCC1C(=O)O. The summed E-state index contributed by atoms with van der Waals surface area (Å²) < 4.78 is 26.3. The normalized spacial score (nSPS) is 20.8. The van der Waals surface area contributed by atoms with E-state index in [1.54, 1.807) is 19.1 Å². The number of rotatable bonds is 3. The van der Waals surface area contributed by atoms with Crippen LogP contribution in [0.25, 0.3) is 0 Å². The van der Waals surface area contributed by atoms with Crippen LogP contribution in [-0.4, -0.2) is 49.5 Å². The second kappa shape index (κ2) is 5.69. The van der Waals surface area contributed by atoms with Gasteiger partial charge in [0.15, 0.2) is 0 Å². The maximum Gasteiger partial charge on any atom is 0.323 e. The number of nitrogens with zero attached hydrogens (tertiary/aromatic N) is 1. The molecule has 1 unspecified atom stereocenters. The molecule has 1 aromatic rings. The zero-order valence-electron chi connectivity index (χ0n) is 10.8. The van der Waals surface area contributed by atoms with Gasteiger partial charge in [0.2, 0.25) is 10.0 Å². The van der Waals surface area contributed by atoms with E-state index in [1.165, 1.54) is 6.07 Å². The first-order chi connectivity index (χ1) is 9.34. The molecule has 8 heteroatoms. The lowest BCUT2D eigenvalue weighted by molar-refractivity contribution is -0.141. The third kappa shape index (κ3) is 2.80. The number of nitrogens with one attached hydrogen (secondary N) is 1. The fourth-order valence-electron chi connectivity index (χ4n) is 2.16. The second-order valence-electron chi connectivity index (χ2n) is 4.58. The molecule has 1 aliphatic heterocycles. The molecule has 0 amide bonds. The minimum atomic E-state index is -3.88. The lowest BCUT2D eigenvalue weighted by Crippen LogP contribution is -2.56. The molecule has 2 N–H and O–H groups in total. The van der Waals surface area contributed by atoms with E-state index in [2.05, 4.69) is 5.32 Å². The highest BCUT2D eigenvalue weighted by atomic mass is 35.5. The molecule has 0 aromatic heterocycles. The number of benzene rings is 1. The highest BCUT2D eigenvalue weighted by Gasteiger charge is 2.38. The molecular weight excluding hydrogens is 304 g/mol. The smallest absolute Gasteiger partial charge is 0.323 e. The number of carbonyl (C=O) groups is 1. The number of aryl methyl sites for hydroxylation is 1. The summed E-state index contributed by atoms with van der Waals surface area (Å²) in [6.07, 6.45) is 0. The Morgan fingerprint density at radius 2 is 2.20 bits per heavy atom. The van der Waals surface area contributed by atoms with Gasteiger partial charge in [-0.05, 0) is 24.6 Å². The van der Waals surface area contributed by atoms with Crippen molar-refractivity contribution in [3.63, 3.8) is 0 Å². The molecule has 20 heavy (non-hydrogen) atoms. The highest BCUT2D eigenvalue weighted by molar-refractivity contribution is 7.89. The Kier molecular flexibility index (Phi) is 4.33. The number of carboxylic acid groups (broad SMARTS) is 1. The van der Waals surface area contributed by atoms with Gasteiger partial charge < -0.3 is 10.4 Å². The average molecular weight is 319 g/mol. The van der Waals surface area contributed by atoms with E-state index in [4.69, 9.17) is 11.6 Å². The molecule has 1 aliphatic rings. The monoisotopic (exact) mass is 318 g/mol. The molecule has 0 bridgehead atoms. The van der Waals surface area contributed by atoms with Crippen molar-refractivity contribution in [2.24, 2.45) is 0 Å². The summed E-state index contributed by atoms with van der Waals surface area (Å²) in [4.78, 5) is 11.3. The fourth-order valence-corrected chi connectivity index (χ4v) is 4.23. The molecule has 0 spiro atoms. The van der Waals surface area contributed by atoms with Gasteiger partial charge in [0.25, 0.3) is 0 Å². The van der Waals surface area contributed by atoms with Crippen molar-refractivity contribution in [3.05, 3.63) is 28.8 Å². The van der Waals surface area contributed by atoms with Crippen LogP contribution in [-0.2, 0) is 14.8 Å². The summed E-state index contributed by atoms with van der Waals surface area (Å²) in [6, 6.07) is 3.45. The summed E-state index contributed by atoms with van der Waals surface area (Å²) in [5.41, 5.74) is 0.539.